The van der Waals surface area contributed by atoms with Gasteiger partial charge in [0.25, 0.3) is 0 Å². The predicted octanol–water partition coefficient (Wildman–Crippen LogP) is 4.68. The molecular formula is C19H39NO4SSi. The van der Waals surface area contributed by atoms with Crippen LogP contribution in [0.1, 0.15) is 84.5 Å². The van der Waals surface area contributed by atoms with Crippen molar-refractivity contribution in [1.82, 2.24) is 5.48 Å². The van der Waals surface area contributed by atoms with Gasteiger partial charge in [-0.05, 0) is 31.6 Å². The van der Waals surface area contributed by atoms with Crippen LogP contribution in [-0.2, 0) is 13.7 Å². The van der Waals surface area contributed by atoms with Crippen molar-refractivity contribution in [1.29, 1.82) is 0 Å². The van der Waals surface area contributed by atoms with E-state index in [1.54, 1.807) is 0 Å². The van der Waals surface area contributed by atoms with Gasteiger partial charge in [0.15, 0.2) is 5.12 Å². The second-order valence-electron chi connectivity index (χ2n) is 7.30. The van der Waals surface area contributed by atoms with Crippen LogP contribution in [0.4, 0.5) is 0 Å². The number of nitrogens with one attached hydrogen (secondary N) is 1. The smallest absolute Gasteiger partial charge is 0.389 e. The molecule has 0 aromatic carbocycles. The highest BCUT2D eigenvalue weighted by atomic mass is 32.2. The molecule has 2 unspecified atom stereocenters. The highest BCUT2D eigenvalue weighted by Gasteiger charge is 2.38. The van der Waals surface area contributed by atoms with Gasteiger partial charge in [0.05, 0.1) is 0 Å². The first-order valence-electron chi connectivity index (χ1n) is 10.5. The molecule has 1 heterocycles. The molecule has 0 amide bonds. The largest absolute Gasteiger partial charge is 0.515 e. The summed E-state index contributed by atoms with van der Waals surface area (Å²) in [5.41, 5.74) is 2.94. The number of hydrogen-bond donors (Lipinski definition) is 2. The Balaban J connectivity index is 2.11. The van der Waals surface area contributed by atoms with E-state index in [1.807, 2.05) is 0 Å². The van der Waals surface area contributed by atoms with Crippen LogP contribution in [0.5, 0.6) is 0 Å². The van der Waals surface area contributed by atoms with Gasteiger partial charge in [0.1, 0.15) is 0 Å². The molecule has 0 saturated carbocycles. The number of thioether (sulfide) groups is 1. The lowest BCUT2D eigenvalue weighted by Crippen LogP contribution is -2.49. The van der Waals surface area contributed by atoms with E-state index >= 15 is 0 Å². The molecule has 0 aliphatic carbocycles. The number of rotatable bonds is 13. The van der Waals surface area contributed by atoms with Crippen molar-refractivity contribution in [2.75, 3.05) is 18.9 Å². The predicted molar refractivity (Wildman–Crippen MR) is 111 cm³/mol. The maximum absolute atomic E-state index is 11.9. The van der Waals surface area contributed by atoms with Crippen LogP contribution >= 0.6 is 11.8 Å². The highest BCUT2D eigenvalue weighted by molar-refractivity contribution is 8.13. The molecule has 0 spiro atoms. The normalized spacial score (nSPS) is 24.2. The van der Waals surface area contributed by atoms with Crippen LogP contribution in [-0.4, -0.2) is 37.6 Å². The molecule has 1 fully saturated rings. The Bertz CT molecular complexity index is 363. The lowest BCUT2D eigenvalue weighted by atomic mass is 9.99. The number of carbonyl (C=O) groups is 1. The fourth-order valence-corrected chi connectivity index (χ4v) is 5.81. The lowest BCUT2D eigenvalue weighted by molar-refractivity contribution is -0.111. The van der Waals surface area contributed by atoms with Gasteiger partial charge in [-0.3, -0.25) is 9.32 Å². The summed E-state index contributed by atoms with van der Waals surface area (Å²) in [4.78, 5) is 22.4. The Morgan fingerprint density at radius 3 is 2.69 bits per heavy atom. The zero-order valence-electron chi connectivity index (χ0n) is 16.8. The SMILES string of the molecule is CCCCCCCC(=O)SCCC[Si]1(O)OCCC(CCCC)CNO1. The number of hydrogen-bond acceptors (Lipinski definition) is 6. The Morgan fingerprint density at radius 1 is 1.15 bits per heavy atom. The lowest BCUT2D eigenvalue weighted by Gasteiger charge is -2.29. The molecule has 1 saturated heterocycles. The topological polar surface area (TPSA) is 67.8 Å². The first-order valence-corrected chi connectivity index (χ1v) is 13.5. The minimum absolute atomic E-state index is 0.270. The van der Waals surface area contributed by atoms with Gasteiger partial charge in [0.2, 0.25) is 0 Å². The molecular weight excluding hydrogens is 366 g/mol. The minimum atomic E-state index is -3.13. The molecule has 2 N–H and O–H groups in total. The Morgan fingerprint density at radius 2 is 1.92 bits per heavy atom. The molecule has 7 heteroatoms. The number of carbonyl (C=O) groups excluding carboxylic acids is 1. The molecule has 2 atom stereocenters. The van der Waals surface area contributed by atoms with Crippen molar-refractivity contribution in [2.45, 2.75) is 90.5 Å². The van der Waals surface area contributed by atoms with E-state index in [9.17, 15) is 9.59 Å². The van der Waals surface area contributed by atoms with Crippen molar-refractivity contribution in [2.24, 2.45) is 5.92 Å². The van der Waals surface area contributed by atoms with Crippen molar-refractivity contribution in [3.8, 4) is 0 Å². The van der Waals surface area contributed by atoms with Crippen molar-refractivity contribution in [3.05, 3.63) is 0 Å². The molecule has 0 radical (unpaired) electrons. The third-order valence-corrected chi connectivity index (χ3v) is 7.93. The zero-order chi connectivity index (χ0) is 19.1. The van der Waals surface area contributed by atoms with Gasteiger partial charge in [0, 0.05) is 31.4 Å². The molecule has 154 valence electrons. The molecule has 1 aliphatic heterocycles. The van der Waals surface area contributed by atoms with E-state index in [1.165, 1.54) is 50.3 Å². The minimum Gasteiger partial charge on any atom is -0.389 e. The molecule has 1 aliphatic rings. The summed E-state index contributed by atoms with van der Waals surface area (Å²) in [5.74, 6) is 1.29. The van der Waals surface area contributed by atoms with Crippen LogP contribution in [0, 0.1) is 5.92 Å². The first-order chi connectivity index (χ1) is 12.6. The maximum Gasteiger partial charge on any atom is 0.515 e. The summed E-state index contributed by atoms with van der Waals surface area (Å²) in [6, 6.07) is 0.510. The summed E-state index contributed by atoms with van der Waals surface area (Å²) in [6.45, 7) is 5.75. The average molecular weight is 406 g/mol. The maximum atomic E-state index is 11.9. The third-order valence-electron chi connectivity index (χ3n) is 4.81. The second-order valence-corrected chi connectivity index (χ2v) is 10.9. The molecule has 1 rings (SSSR count). The van der Waals surface area contributed by atoms with E-state index in [0.717, 1.165) is 38.0 Å². The van der Waals surface area contributed by atoms with Gasteiger partial charge >= 0.3 is 8.80 Å². The summed E-state index contributed by atoms with van der Waals surface area (Å²) in [5, 5.41) is 0.270. The van der Waals surface area contributed by atoms with Crippen molar-refractivity contribution < 1.29 is 18.5 Å². The van der Waals surface area contributed by atoms with Gasteiger partial charge in [-0.15, -0.1) is 0 Å². The van der Waals surface area contributed by atoms with Crippen LogP contribution in [0.15, 0.2) is 0 Å². The van der Waals surface area contributed by atoms with Crippen LogP contribution in [0.2, 0.25) is 6.04 Å². The fourth-order valence-electron chi connectivity index (χ4n) is 3.08. The van der Waals surface area contributed by atoms with Gasteiger partial charge < -0.3 is 9.22 Å². The third kappa shape index (κ3) is 11.7. The average Bonchev–Trinajstić information content (AvgIpc) is 2.61. The summed E-state index contributed by atoms with van der Waals surface area (Å²) >= 11 is 1.39. The molecule has 26 heavy (non-hydrogen) atoms. The van der Waals surface area contributed by atoms with E-state index in [4.69, 9.17) is 8.95 Å². The summed E-state index contributed by atoms with van der Waals surface area (Å²) in [6.07, 6.45) is 11.9. The van der Waals surface area contributed by atoms with Crippen molar-refractivity contribution >= 4 is 25.7 Å². The second kappa shape index (κ2) is 15.1. The summed E-state index contributed by atoms with van der Waals surface area (Å²) < 4.78 is 11.2. The van der Waals surface area contributed by atoms with Gasteiger partial charge in [-0.25, -0.2) is 5.48 Å². The van der Waals surface area contributed by atoms with Crippen LogP contribution < -0.4 is 5.48 Å². The monoisotopic (exact) mass is 405 g/mol. The fraction of sp³-hybridized carbons (Fsp3) is 0.947. The van der Waals surface area contributed by atoms with Crippen LogP contribution in [0.3, 0.4) is 0 Å². The standard InChI is InChI=1S/C19H39NO4SSi/c1-3-5-7-8-9-12-19(21)25-15-10-16-26(22)23-14-13-18(11-6-4-2)17-20-24-26/h18,20,22H,3-17H2,1-2H3. The Labute approximate surface area is 165 Å². The first kappa shape index (κ1) is 24.1. The molecule has 0 aromatic heterocycles. The molecule has 0 bridgehead atoms. The number of unbranched alkanes of at least 4 members (excludes halogenated alkanes) is 5. The summed E-state index contributed by atoms with van der Waals surface area (Å²) in [7, 11) is -3.13. The van der Waals surface area contributed by atoms with Crippen LogP contribution in [0.25, 0.3) is 0 Å². The Kier molecular flexibility index (Phi) is 14.0. The van der Waals surface area contributed by atoms with Gasteiger partial charge in [-0.2, -0.15) is 0 Å². The van der Waals surface area contributed by atoms with E-state index < -0.39 is 8.80 Å². The quantitative estimate of drug-likeness (QED) is 0.343. The highest BCUT2D eigenvalue weighted by Crippen LogP contribution is 2.21. The molecule has 0 aromatic rings. The molecule has 5 nitrogen and oxygen atoms in total. The van der Waals surface area contributed by atoms with Crippen molar-refractivity contribution in [3.63, 3.8) is 0 Å². The van der Waals surface area contributed by atoms with Gasteiger partial charge in [-0.1, -0.05) is 64.1 Å². The Hall–Kier alpha value is 0.0769. The van der Waals surface area contributed by atoms with E-state index in [0.29, 0.717) is 25.0 Å². The van der Waals surface area contributed by atoms with E-state index in [2.05, 4.69) is 19.3 Å². The zero-order valence-corrected chi connectivity index (χ0v) is 18.6. The van der Waals surface area contributed by atoms with E-state index in [-0.39, 0.29) is 5.12 Å². The number of hydroxylamine groups is 1.